The van der Waals surface area contributed by atoms with E-state index in [1.807, 2.05) is 51.1 Å². The highest BCUT2D eigenvalue weighted by molar-refractivity contribution is 9.10. The Hall–Kier alpha value is -1.66. The van der Waals surface area contributed by atoms with Gasteiger partial charge in [0, 0.05) is 11.9 Å². The summed E-state index contributed by atoms with van der Waals surface area (Å²) in [5, 5.41) is 12.1. The fraction of sp³-hybridized carbons (Fsp3) is 0.500. The first-order valence-electron chi connectivity index (χ1n) is 8.99. The Bertz CT molecular complexity index is 803. The zero-order valence-electron chi connectivity index (χ0n) is 15.4. The molecule has 140 valence electrons. The Morgan fingerprint density at radius 1 is 1.35 bits per heavy atom. The van der Waals surface area contributed by atoms with Crippen LogP contribution in [0.25, 0.3) is 10.9 Å². The van der Waals surface area contributed by atoms with Crippen LogP contribution < -0.4 is 0 Å². The average molecular weight is 421 g/mol. The summed E-state index contributed by atoms with van der Waals surface area (Å²) < 4.78 is 6.23. The van der Waals surface area contributed by atoms with Gasteiger partial charge in [-0.1, -0.05) is 18.2 Å². The highest BCUT2D eigenvalue weighted by Crippen LogP contribution is 2.34. The summed E-state index contributed by atoms with van der Waals surface area (Å²) in [7, 11) is 0. The molecule has 1 amide bonds. The molecular weight excluding hydrogens is 396 g/mol. The molecule has 5 nitrogen and oxygen atoms in total. The summed E-state index contributed by atoms with van der Waals surface area (Å²) in [6.07, 6.45) is 1.48. The van der Waals surface area contributed by atoms with Crippen LogP contribution >= 0.6 is 15.9 Å². The van der Waals surface area contributed by atoms with Gasteiger partial charge in [0.15, 0.2) is 0 Å². The van der Waals surface area contributed by atoms with E-state index in [1.165, 1.54) is 0 Å². The molecule has 0 saturated carbocycles. The SMILES string of the molecule is CC(C)(C)OC(=O)N1CCCC[C@H]1[C@H](O)c1cc(Br)nc2ccccc12. The van der Waals surface area contributed by atoms with Crippen LogP contribution in [-0.2, 0) is 4.74 Å². The number of fused-ring (bicyclic) bond motifs is 1. The van der Waals surface area contributed by atoms with Crippen LogP contribution in [0, 0.1) is 0 Å². The lowest BCUT2D eigenvalue weighted by Gasteiger charge is -2.39. The van der Waals surface area contributed by atoms with Gasteiger partial charge in [-0.3, -0.25) is 0 Å². The van der Waals surface area contributed by atoms with Crippen molar-refractivity contribution in [1.82, 2.24) is 9.88 Å². The lowest BCUT2D eigenvalue weighted by Crippen LogP contribution is -2.48. The molecule has 2 aromatic rings. The number of para-hydroxylation sites is 1. The van der Waals surface area contributed by atoms with Crippen molar-refractivity contribution >= 4 is 32.9 Å². The van der Waals surface area contributed by atoms with E-state index in [4.69, 9.17) is 4.74 Å². The third-order valence-electron chi connectivity index (χ3n) is 4.58. The predicted molar refractivity (Wildman–Crippen MR) is 105 cm³/mol. The molecule has 1 fully saturated rings. The van der Waals surface area contributed by atoms with Crippen molar-refractivity contribution in [2.45, 2.75) is 57.8 Å². The molecule has 1 saturated heterocycles. The summed E-state index contributed by atoms with van der Waals surface area (Å²) in [4.78, 5) is 18.8. The number of ether oxygens (including phenoxy) is 1. The Morgan fingerprint density at radius 2 is 2.08 bits per heavy atom. The van der Waals surface area contributed by atoms with E-state index in [9.17, 15) is 9.90 Å². The first kappa shape index (κ1) is 19.1. The molecule has 26 heavy (non-hydrogen) atoms. The number of halogens is 1. The van der Waals surface area contributed by atoms with Gasteiger partial charge in [0.25, 0.3) is 0 Å². The van der Waals surface area contributed by atoms with Gasteiger partial charge in [0.05, 0.1) is 11.6 Å². The number of carbonyl (C=O) groups excluding carboxylic acids is 1. The lowest BCUT2D eigenvalue weighted by molar-refractivity contribution is -0.0166. The van der Waals surface area contributed by atoms with Gasteiger partial charge in [-0.25, -0.2) is 9.78 Å². The number of aliphatic hydroxyl groups excluding tert-OH is 1. The highest BCUT2D eigenvalue weighted by atomic mass is 79.9. The summed E-state index contributed by atoms with van der Waals surface area (Å²) in [6.45, 7) is 6.16. The highest BCUT2D eigenvalue weighted by Gasteiger charge is 2.36. The van der Waals surface area contributed by atoms with Gasteiger partial charge in [0.1, 0.15) is 16.3 Å². The van der Waals surface area contributed by atoms with Crippen molar-refractivity contribution < 1.29 is 14.6 Å². The molecule has 0 aliphatic carbocycles. The fourth-order valence-electron chi connectivity index (χ4n) is 3.45. The molecule has 3 rings (SSSR count). The lowest BCUT2D eigenvalue weighted by atomic mass is 9.91. The number of hydrogen-bond acceptors (Lipinski definition) is 4. The molecule has 2 atom stereocenters. The Labute approximate surface area is 162 Å². The minimum absolute atomic E-state index is 0.309. The second-order valence-corrected chi connectivity index (χ2v) is 8.55. The summed E-state index contributed by atoms with van der Waals surface area (Å²) in [5.74, 6) is 0. The molecule has 1 aliphatic heterocycles. The number of likely N-dealkylation sites (tertiary alicyclic amines) is 1. The predicted octanol–water partition coefficient (Wildman–Crippen LogP) is 4.82. The van der Waals surface area contributed by atoms with Gasteiger partial charge in [0.2, 0.25) is 0 Å². The topological polar surface area (TPSA) is 62.7 Å². The van der Waals surface area contributed by atoms with E-state index in [1.54, 1.807) is 4.90 Å². The minimum Gasteiger partial charge on any atom is -0.444 e. The summed E-state index contributed by atoms with van der Waals surface area (Å²) in [6, 6.07) is 9.26. The smallest absolute Gasteiger partial charge is 0.410 e. The molecular formula is C20H25BrN2O3. The number of aromatic nitrogens is 1. The van der Waals surface area contributed by atoms with E-state index in [0.717, 1.165) is 35.7 Å². The van der Waals surface area contributed by atoms with E-state index in [2.05, 4.69) is 20.9 Å². The quantitative estimate of drug-likeness (QED) is 0.707. The molecule has 1 aromatic heterocycles. The van der Waals surface area contributed by atoms with Crippen LogP contribution in [0.2, 0.25) is 0 Å². The normalized spacial score (nSPS) is 19.4. The number of carbonyl (C=O) groups is 1. The van der Waals surface area contributed by atoms with Crippen LogP contribution in [0.1, 0.15) is 51.7 Å². The van der Waals surface area contributed by atoms with E-state index < -0.39 is 11.7 Å². The minimum atomic E-state index is -0.799. The molecule has 1 aliphatic rings. The maximum atomic E-state index is 12.7. The fourth-order valence-corrected chi connectivity index (χ4v) is 3.89. The second-order valence-electron chi connectivity index (χ2n) is 7.73. The van der Waals surface area contributed by atoms with Gasteiger partial charge in [-0.15, -0.1) is 0 Å². The average Bonchev–Trinajstić information content (AvgIpc) is 2.59. The van der Waals surface area contributed by atoms with Crippen LogP contribution in [0.5, 0.6) is 0 Å². The standard InChI is InChI=1S/C20H25BrN2O3/c1-20(2,3)26-19(25)23-11-7-6-10-16(23)18(24)14-12-17(21)22-15-9-5-4-8-13(14)15/h4-5,8-9,12,16,18,24H,6-7,10-11H2,1-3H3/t16-,18+/m0/s1. The van der Waals surface area contributed by atoms with Gasteiger partial charge in [-0.2, -0.15) is 0 Å². The number of aliphatic hydroxyl groups is 1. The third kappa shape index (κ3) is 4.18. The zero-order valence-corrected chi connectivity index (χ0v) is 17.0. The Morgan fingerprint density at radius 3 is 2.81 bits per heavy atom. The van der Waals surface area contributed by atoms with Crippen molar-refractivity contribution in [3.05, 3.63) is 40.5 Å². The van der Waals surface area contributed by atoms with Crippen molar-refractivity contribution in [3.8, 4) is 0 Å². The van der Waals surface area contributed by atoms with Gasteiger partial charge in [-0.05, 0) is 73.7 Å². The largest absolute Gasteiger partial charge is 0.444 e. The maximum Gasteiger partial charge on any atom is 0.410 e. The van der Waals surface area contributed by atoms with E-state index >= 15 is 0 Å². The van der Waals surface area contributed by atoms with Crippen LogP contribution in [0.15, 0.2) is 34.9 Å². The van der Waals surface area contributed by atoms with Crippen molar-refractivity contribution in [3.63, 3.8) is 0 Å². The van der Waals surface area contributed by atoms with E-state index in [0.29, 0.717) is 11.1 Å². The van der Waals surface area contributed by atoms with Crippen molar-refractivity contribution in [1.29, 1.82) is 0 Å². The summed E-state index contributed by atoms with van der Waals surface area (Å²) in [5.41, 5.74) is 1.04. The van der Waals surface area contributed by atoms with Crippen LogP contribution in [-0.4, -0.2) is 39.3 Å². The van der Waals surface area contributed by atoms with Crippen LogP contribution in [0.3, 0.4) is 0 Å². The second kappa shape index (κ2) is 7.53. The Kier molecular flexibility index (Phi) is 5.53. The zero-order chi connectivity index (χ0) is 18.9. The number of pyridine rings is 1. The molecule has 0 spiro atoms. The molecule has 6 heteroatoms. The molecule has 0 radical (unpaired) electrons. The van der Waals surface area contributed by atoms with Gasteiger partial charge >= 0.3 is 6.09 Å². The first-order valence-corrected chi connectivity index (χ1v) is 9.78. The number of amides is 1. The molecule has 1 N–H and O–H groups in total. The molecule has 0 bridgehead atoms. The van der Waals surface area contributed by atoms with E-state index in [-0.39, 0.29) is 12.1 Å². The maximum absolute atomic E-state index is 12.7. The van der Waals surface area contributed by atoms with Crippen LogP contribution in [0.4, 0.5) is 4.79 Å². The van der Waals surface area contributed by atoms with Gasteiger partial charge < -0.3 is 14.7 Å². The number of benzene rings is 1. The first-order chi connectivity index (χ1) is 12.3. The Balaban J connectivity index is 1.94. The number of hydrogen-bond donors (Lipinski definition) is 1. The third-order valence-corrected chi connectivity index (χ3v) is 4.98. The molecule has 1 aromatic carbocycles. The number of nitrogens with zero attached hydrogens (tertiary/aromatic N) is 2. The van der Waals surface area contributed by atoms with Crippen molar-refractivity contribution in [2.24, 2.45) is 0 Å². The number of piperidine rings is 1. The molecule has 0 unspecified atom stereocenters. The van der Waals surface area contributed by atoms with Crippen molar-refractivity contribution in [2.75, 3.05) is 6.54 Å². The monoisotopic (exact) mass is 420 g/mol. The molecule has 2 heterocycles. The number of rotatable bonds is 2. The summed E-state index contributed by atoms with van der Waals surface area (Å²) >= 11 is 3.43.